The summed E-state index contributed by atoms with van der Waals surface area (Å²) in [5.41, 5.74) is 0. The Bertz CT molecular complexity index is 726. The Morgan fingerprint density at radius 3 is 2.60 bits per heavy atom. The third-order valence-electron chi connectivity index (χ3n) is 4.02. The Hall–Kier alpha value is -1.39. The highest BCUT2D eigenvalue weighted by atomic mass is 35.5. The molecular formula is C15H19ClN2O6S. The van der Waals surface area contributed by atoms with Crippen LogP contribution in [-0.4, -0.2) is 58.6 Å². The Kier molecular flexibility index (Phi) is 5.49. The van der Waals surface area contributed by atoms with Crippen molar-refractivity contribution in [3.05, 3.63) is 29.3 Å². The van der Waals surface area contributed by atoms with Gasteiger partial charge in [0.05, 0.1) is 24.2 Å². The number of halogens is 1. The van der Waals surface area contributed by atoms with Crippen LogP contribution in [0.3, 0.4) is 0 Å². The molecule has 2 heterocycles. The summed E-state index contributed by atoms with van der Waals surface area (Å²) in [6.07, 6.45) is -2.13. The maximum Gasteiger partial charge on any atom is 0.407 e. The number of sulfonamides is 1. The molecule has 8 nitrogen and oxygen atoms in total. The number of hydrogen-bond donors (Lipinski definition) is 2. The highest BCUT2D eigenvalue weighted by Crippen LogP contribution is 2.30. The third-order valence-corrected chi connectivity index (χ3v) is 5.78. The van der Waals surface area contributed by atoms with Crippen molar-refractivity contribution in [3.8, 4) is 0 Å². The van der Waals surface area contributed by atoms with Crippen LogP contribution in [-0.2, 0) is 24.2 Å². The molecule has 2 aliphatic rings. The van der Waals surface area contributed by atoms with Crippen LogP contribution in [0.4, 0.5) is 4.79 Å². The standard InChI is InChI=1S/C15H19ClN2O6S/c1-2-17-15(19)24-12-8-23-13-11(7-22-14(12)13)18-25(20,21)10-5-3-9(16)4-6-10/h3-6,11-14,18H,2,7-8H2,1H3,(H,17,19). The molecule has 0 aliphatic carbocycles. The van der Waals surface area contributed by atoms with E-state index >= 15 is 0 Å². The molecule has 4 atom stereocenters. The van der Waals surface area contributed by atoms with Gasteiger partial charge in [-0.2, -0.15) is 0 Å². The van der Waals surface area contributed by atoms with Gasteiger partial charge in [-0.25, -0.2) is 17.9 Å². The van der Waals surface area contributed by atoms with Gasteiger partial charge in [-0.1, -0.05) is 11.6 Å². The first kappa shape index (κ1) is 18.4. The van der Waals surface area contributed by atoms with E-state index in [1.165, 1.54) is 24.3 Å². The van der Waals surface area contributed by atoms with Gasteiger partial charge < -0.3 is 19.5 Å². The minimum Gasteiger partial charge on any atom is -0.441 e. The van der Waals surface area contributed by atoms with Gasteiger partial charge in [0.25, 0.3) is 0 Å². The average molecular weight is 391 g/mol. The Morgan fingerprint density at radius 2 is 1.92 bits per heavy atom. The molecule has 3 rings (SSSR count). The third kappa shape index (κ3) is 4.06. The fourth-order valence-electron chi connectivity index (χ4n) is 2.87. The summed E-state index contributed by atoms with van der Waals surface area (Å²) in [6.45, 7) is 2.52. The van der Waals surface area contributed by atoms with Crippen molar-refractivity contribution in [1.29, 1.82) is 0 Å². The zero-order valence-corrected chi connectivity index (χ0v) is 15.0. The van der Waals surface area contributed by atoms with Crippen molar-refractivity contribution in [2.75, 3.05) is 19.8 Å². The molecule has 138 valence electrons. The van der Waals surface area contributed by atoms with Crippen LogP contribution >= 0.6 is 11.6 Å². The summed E-state index contributed by atoms with van der Waals surface area (Å²) in [5.74, 6) is 0. The molecule has 0 bridgehead atoms. The summed E-state index contributed by atoms with van der Waals surface area (Å²) < 4.78 is 44.0. The van der Waals surface area contributed by atoms with Crippen LogP contribution in [0.25, 0.3) is 0 Å². The first-order valence-electron chi connectivity index (χ1n) is 7.86. The molecule has 1 amide bonds. The highest BCUT2D eigenvalue weighted by molar-refractivity contribution is 7.89. The summed E-state index contributed by atoms with van der Waals surface area (Å²) in [4.78, 5) is 11.6. The number of alkyl carbamates (subject to hydrolysis) is 1. The molecule has 0 spiro atoms. The zero-order chi connectivity index (χ0) is 18.0. The topological polar surface area (TPSA) is 103 Å². The van der Waals surface area contributed by atoms with E-state index in [0.717, 1.165) is 0 Å². The lowest BCUT2D eigenvalue weighted by atomic mass is 10.1. The average Bonchev–Trinajstić information content (AvgIpc) is 3.12. The predicted octanol–water partition coefficient (Wildman–Crippen LogP) is 0.899. The number of ether oxygens (including phenoxy) is 3. The molecule has 0 aromatic heterocycles. The Labute approximate surface area is 150 Å². The van der Waals surface area contributed by atoms with E-state index in [4.69, 9.17) is 25.8 Å². The molecular weight excluding hydrogens is 372 g/mol. The van der Waals surface area contributed by atoms with Crippen molar-refractivity contribution < 1.29 is 27.4 Å². The quantitative estimate of drug-likeness (QED) is 0.774. The number of benzene rings is 1. The minimum atomic E-state index is -3.74. The van der Waals surface area contributed by atoms with E-state index in [1.807, 2.05) is 0 Å². The van der Waals surface area contributed by atoms with Crippen LogP contribution in [0.2, 0.25) is 5.02 Å². The monoisotopic (exact) mass is 390 g/mol. The van der Waals surface area contributed by atoms with Crippen molar-refractivity contribution in [1.82, 2.24) is 10.0 Å². The lowest BCUT2D eigenvalue weighted by Crippen LogP contribution is -2.44. The molecule has 2 fully saturated rings. The Balaban J connectivity index is 1.64. The predicted molar refractivity (Wildman–Crippen MR) is 89.0 cm³/mol. The second-order valence-corrected chi connectivity index (χ2v) is 7.90. The lowest BCUT2D eigenvalue weighted by Gasteiger charge is -2.18. The van der Waals surface area contributed by atoms with Gasteiger partial charge in [0.2, 0.25) is 10.0 Å². The molecule has 0 saturated carbocycles. The van der Waals surface area contributed by atoms with Crippen molar-refractivity contribution in [2.45, 2.75) is 36.2 Å². The van der Waals surface area contributed by atoms with E-state index in [0.29, 0.717) is 11.6 Å². The maximum absolute atomic E-state index is 12.5. The Morgan fingerprint density at radius 1 is 1.24 bits per heavy atom. The zero-order valence-electron chi connectivity index (χ0n) is 13.5. The van der Waals surface area contributed by atoms with Gasteiger partial charge in [0, 0.05) is 11.6 Å². The fourth-order valence-corrected chi connectivity index (χ4v) is 4.23. The number of nitrogens with one attached hydrogen (secondary N) is 2. The second kappa shape index (κ2) is 7.46. The molecule has 2 N–H and O–H groups in total. The largest absolute Gasteiger partial charge is 0.441 e. The SMILES string of the molecule is CCNC(=O)OC1COC2C(NS(=O)(=O)c3ccc(Cl)cc3)COC12. The second-order valence-electron chi connectivity index (χ2n) is 5.75. The highest BCUT2D eigenvalue weighted by Gasteiger charge is 2.50. The lowest BCUT2D eigenvalue weighted by molar-refractivity contribution is 0.00428. The molecule has 25 heavy (non-hydrogen) atoms. The normalized spacial score (nSPS) is 28.6. The summed E-state index contributed by atoms with van der Waals surface area (Å²) in [6, 6.07) is 5.30. The van der Waals surface area contributed by atoms with Crippen molar-refractivity contribution >= 4 is 27.7 Å². The smallest absolute Gasteiger partial charge is 0.407 e. The molecule has 2 saturated heterocycles. The number of carbonyl (C=O) groups excluding carboxylic acids is 1. The summed E-state index contributed by atoms with van der Waals surface area (Å²) in [7, 11) is -3.74. The molecule has 1 aromatic rings. The molecule has 0 radical (unpaired) electrons. The maximum atomic E-state index is 12.5. The van der Waals surface area contributed by atoms with Crippen molar-refractivity contribution in [3.63, 3.8) is 0 Å². The van der Waals surface area contributed by atoms with Crippen LogP contribution in [0, 0.1) is 0 Å². The van der Waals surface area contributed by atoms with E-state index in [1.54, 1.807) is 6.92 Å². The number of carbonyl (C=O) groups is 1. The summed E-state index contributed by atoms with van der Waals surface area (Å²) >= 11 is 5.78. The van der Waals surface area contributed by atoms with Crippen LogP contribution in [0.15, 0.2) is 29.2 Å². The molecule has 2 aliphatic heterocycles. The van der Waals surface area contributed by atoms with E-state index in [2.05, 4.69) is 10.0 Å². The minimum absolute atomic E-state index is 0.105. The molecule has 1 aromatic carbocycles. The number of amides is 1. The molecule has 4 unspecified atom stereocenters. The van der Waals surface area contributed by atoms with E-state index in [9.17, 15) is 13.2 Å². The first-order valence-corrected chi connectivity index (χ1v) is 9.72. The first-order chi connectivity index (χ1) is 11.9. The van der Waals surface area contributed by atoms with Gasteiger partial charge in [-0.3, -0.25) is 0 Å². The van der Waals surface area contributed by atoms with E-state index in [-0.39, 0.29) is 18.1 Å². The number of hydrogen-bond acceptors (Lipinski definition) is 6. The number of fused-ring (bicyclic) bond motifs is 1. The van der Waals surface area contributed by atoms with Crippen LogP contribution in [0.1, 0.15) is 6.92 Å². The summed E-state index contributed by atoms with van der Waals surface area (Å²) in [5, 5.41) is 2.98. The fraction of sp³-hybridized carbons (Fsp3) is 0.533. The van der Waals surface area contributed by atoms with E-state index < -0.39 is 40.5 Å². The number of rotatable bonds is 5. The van der Waals surface area contributed by atoms with Gasteiger partial charge in [0.1, 0.15) is 12.2 Å². The van der Waals surface area contributed by atoms with Crippen molar-refractivity contribution in [2.24, 2.45) is 0 Å². The van der Waals surface area contributed by atoms with Crippen LogP contribution < -0.4 is 10.0 Å². The van der Waals surface area contributed by atoms with Gasteiger partial charge in [-0.05, 0) is 31.2 Å². The van der Waals surface area contributed by atoms with Gasteiger partial charge >= 0.3 is 6.09 Å². The molecule has 10 heteroatoms. The van der Waals surface area contributed by atoms with Gasteiger partial charge in [0.15, 0.2) is 6.10 Å². The van der Waals surface area contributed by atoms with Crippen LogP contribution in [0.5, 0.6) is 0 Å². The van der Waals surface area contributed by atoms with Gasteiger partial charge in [-0.15, -0.1) is 0 Å².